The second kappa shape index (κ2) is 6.55. The summed E-state index contributed by atoms with van der Waals surface area (Å²) in [5.74, 6) is 0.0837. The molecule has 0 bridgehead atoms. The van der Waals surface area contributed by atoms with Crippen LogP contribution in [-0.2, 0) is 6.54 Å². The van der Waals surface area contributed by atoms with Crippen molar-refractivity contribution >= 4 is 5.91 Å². The number of carbonyl (C=O) groups excluding carboxylic acids is 1. The van der Waals surface area contributed by atoms with Crippen LogP contribution in [0.3, 0.4) is 0 Å². The fourth-order valence-electron chi connectivity index (χ4n) is 3.42. The highest BCUT2D eigenvalue weighted by Gasteiger charge is 2.29. The Morgan fingerprint density at radius 3 is 2.92 bits per heavy atom. The molecule has 1 fully saturated rings. The van der Waals surface area contributed by atoms with Crippen LogP contribution in [-0.4, -0.2) is 43.0 Å². The molecule has 2 aromatic heterocycles. The number of nitrogens with zero attached hydrogens (tertiary/aromatic N) is 5. The van der Waals surface area contributed by atoms with Gasteiger partial charge in [-0.2, -0.15) is 10.2 Å². The Balaban J connectivity index is 1.55. The standard InChI is InChI=1S/C19H21N5O/c1-15-8-12-24(21-15)17-6-2-5-16(13-17)19(25)23-11-3-7-18(23)14-22-10-4-9-20-22/h2,4-6,8-10,12-13,18H,3,7,11,14H2,1H3/t18-/m1/s1. The van der Waals surface area contributed by atoms with E-state index in [0.29, 0.717) is 5.56 Å². The van der Waals surface area contributed by atoms with Crippen LogP contribution >= 0.6 is 0 Å². The average Bonchev–Trinajstić information content (AvgIpc) is 3.37. The summed E-state index contributed by atoms with van der Waals surface area (Å²) in [5.41, 5.74) is 2.57. The summed E-state index contributed by atoms with van der Waals surface area (Å²) >= 11 is 0. The summed E-state index contributed by atoms with van der Waals surface area (Å²) in [6.07, 6.45) is 7.69. The highest BCUT2D eigenvalue weighted by molar-refractivity contribution is 5.95. The quantitative estimate of drug-likeness (QED) is 0.736. The van der Waals surface area contributed by atoms with Gasteiger partial charge < -0.3 is 4.90 Å². The molecule has 3 aromatic rings. The Labute approximate surface area is 146 Å². The zero-order valence-electron chi connectivity index (χ0n) is 14.2. The summed E-state index contributed by atoms with van der Waals surface area (Å²) in [6.45, 7) is 3.50. The van der Waals surface area contributed by atoms with Crippen LogP contribution in [0.4, 0.5) is 0 Å². The molecule has 0 radical (unpaired) electrons. The average molecular weight is 335 g/mol. The van der Waals surface area contributed by atoms with Gasteiger partial charge in [-0.05, 0) is 50.1 Å². The molecule has 1 amide bonds. The number of likely N-dealkylation sites (tertiary alicyclic amines) is 1. The number of aryl methyl sites for hydroxylation is 1. The van der Waals surface area contributed by atoms with Crippen LogP contribution in [0, 0.1) is 6.92 Å². The molecule has 128 valence electrons. The SMILES string of the molecule is Cc1ccn(-c2cccc(C(=O)N3CCC[C@@H]3Cn3cccn3)c2)n1. The topological polar surface area (TPSA) is 56.0 Å². The molecule has 1 aromatic carbocycles. The van der Waals surface area contributed by atoms with Crippen molar-refractivity contribution in [2.45, 2.75) is 32.4 Å². The van der Waals surface area contributed by atoms with Crippen LogP contribution in [0.15, 0.2) is 55.0 Å². The van der Waals surface area contributed by atoms with Gasteiger partial charge in [0.15, 0.2) is 0 Å². The van der Waals surface area contributed by atoms with Gasteiger partial charge >= 0.3 is 0 Å². The lowest BCUT2D eigenvalue weighted by Crippen LogP contribution is -2.38. The summed E-state index contributed by atoms with van der Waals surface area (Å²) < 4.78 is 3.70. The fraction of sp³-hybridized carbons (Fsp3) is 0.316. The number of hydrogen-bond donors (Lipinski definition) is 0. The van der Waals surface area contributed by atoms with E-state index in [9.17, 15) is 4.79 Å². The van der Waals surface area contributed by atoms with Crippen molar-refractivity contribution in [1.29, 1.82) is 0 Å². The third kappa shape index (κ3) is 3.20. The predicted octanol–water partition coefficient (Wildman–Crippen LogP) is 2.68. The number of amides is 1. The van der Waals surface area contributed by atoms with E-state index in [4.69, 9.17) is 0 Å². The van der Waals surface area contributed by atoms with Crippen LogP contribution in [0.25, 0.3) is 5.69 Å². The maximum Gasteiger partial charge on any atom is 0.254 e. The van der Waals surface area contributed by atoms with E-state index in [2.05, 4.69) is 10.2 Å². The molecule has 1 atom stereocenters. The molecule has 0 spiro atoms. The molecule has 6 nitrogen and oxygen atoms in total. The van der Waals surface area contributed by atoms with Gasteiger partial charge in [-0.3, -0.25) is 9.48 Å². The van der Waals surface area contributed by atoms with Gasteiger partial charge in [0.1, 0.15) is 0 Å². The predicted molar refractivity (Wildman–Crippen MR) is 94.6 cm³/mol. The van der Waals surface area contributed by atoms with Crippen molar-refractivity contribution in [3.63, 3.8) is 0 Å². The van der Waals surface area contributed by atoms with Crippen molar-refractivity contribution in [1.82, 2.24) is 24.5 Å². The summed E-state index contributed by atoms with van der Waals surface area (Å²) in [6, 6.07) is 11.7. The van der Waals surface area contributed by atoms with Gasteiger partial charge in [-0.15, -0.1) is 0 Å². The Kier molecular flexibility index (Phi) is 4.09. The van der Waals surface area contributed by atoms with E-state index in [1.54, 1.807) is 10.9 Å². The van der Waals surface area contributed by atoms with Gasteiger partial charge in [-0.1, -0.05) is 6.07 Å². The van der Waals surface area contributed by atoms with Crippen LogP contribution in [0.5, 0.6) is 0 Å². The second-order valence-electron chi connectivity index (χ2n) is 6.47. The third-order valence-electron chi connectivity index (χ3n) is 4.68. The van der Waals surface area contributed by atoms with Gasteiger partial charge in [-0.25, -0.2) is 4.68 Å². The van der Waals surface area contributed by atoms with E-state index in [-0.39, 0.29) is 11.9 Å². The minimum atomic E-state index is 0.0837. The zero-order chi connectivity index (χ0) is 17.2. The summed E-state index contributed by atoms with van der Waals surface area (Å²) in [7, 11) is 0. The largest absolute Gasteiger partial charge is 0.334 e. The van der Waals surface area contributed by atoms with Gasteiger partial charge in [0.2, 0.25) is 0 Å². The molecule has 3 heterocycles. The Hall–Kier alpha value is -2.89. The summed E-state index contributed by atoms with van der Waals surface area (Å²) in [4.78, 5) is 15.0. The van der Waals surface area contributed by atoms with E-state index < -0.39 is 0 Å². The van der Waals surface area contributed by atoms with Crippen LogP contribution in [0.2, 0.25) is 0 Å². The maximum atomic E-state index is 13.0. The van der Waals surface area contributed by atoms with Gasteiger partial charge in [0.25, 0.3) is 5.91 Å². The van der Waals surface area contributed by atoms with E-state index >= 15 is 0 Å². The van der Waals surface area contributed by atoms with E-state index in [1.807, 2.05) is 65.3 Å². The Morgan fingerprint density at radius 2 is 2.16 bits per heavy atom. The molecule has 1 aliphatic heterocycles. The lowest BCUT2D eigenvalue weighted by Gasteiger charge is -2.25. The molecule has 4 rings (SSSR count). The minimum Gasteiger partial charge on any atom is -0.334 e. The first-order valence-electron chi connectivity index (χ1n) is 8.62. The first kappa shape index (κ1) is 15.6. The second-order valence-corrected chi connectivity index (χ2v) is 6.47. The molecule has 0 unspecified atom stereocenters. The van der Waals surface area contributed by atoms with Crippen LogP contribution < -0.4 is 0 Å². The molecule has 0 N–H and O–H groups in total. The Morgan fingerprint density at radius 1 is 1.24 bits per heavy atom. The molecule has 6 heteroatoms. The minimum absolute atomic E-state index is 0.0837. The zero-order valence-corrected chi connectivity index (χ0v) is 14.2. The van der Waals surface area contributed by atoms with Crippen molar-refractivity contribution in [2.24, 2.45) is 0 Å². The molecular formula is C19H21N5O. The highest BCUT2D eigenvalue weighted by Crippen LogP contribution is 2.22. The Bertz CT molecular complexity index is 868. The number of aromatic nitrogens is 4. The maximum absolute atomic E-state index is 13.0. The number of hydrogen-bond acceptors (Lipinski definition) is 3. The number of carbonyl (C=O) groups is 1. The molecule has 1 aliphatic rings. The number of rotatable bonds is 4. The first-order valence-corrected chi connectivity index (χ1v) is 8.62. The van der Waals surface area contributed by atoms with Crippen molar-refractivity contribution < 1.29 is 4.79 Å². The van der Waals surface area contributed by atoms with Crippen molar-refractivity contribution in [3.8, 4) is 5.69 Å². The monoisotopic (exact) mass is 335 g/mol. The smallest absolute Gasteiger partial charge is 0.254 e. The van der Waals surface area contributed by atoms with Crippen LogP contribution in [0.1, 0.15) is 28.9 Å². The lowest BCUT2D eigenvalue weighted by atomic mass is 10.1. The van der Waals surface area contributed by atoms with E-state index in [1.165, 1.54) is 0 Å². The normalized spacial score (nSPS) is 17.2. The molecule has 1 saturated heterocycles. The molecular weight excluding hydrogens is 314 g/mol. The summed E-state index contributed by atoms with van der Waals surface area (Å²) in [5, 5.41) is 8.69. The highest BCUT2D eigenvalue weighted by atomic mass is 16.2. The van der Waals surface area contributed by atoms with Crippen molar-refractivity contribution in [3.05, 3.63) is 66.2 Å². The van der Waals surface area contributed by atoms with Gasteiger partial charge in [0, 0.05) is 30.7 Å². The number of benzene rings is 1. The third-order valence-corrected chi connectivity index (χ3v) is 4.68. The first-order chi connectivity index (χ1) is 12.2. The molecule has 25 heavy (non-hydrogen) atoms. The fourth-order valence-corrected chi connectivity index (χ4v) is 3.42. The van der Waals surface area contributed by atoms with Gasteiger partial charge in [0.05, 0.1) is 24.0 Å². The van der Waals surface area contributed by atoms with Crippen molar-refractivity contribution in [2.75, 3.05) is 6.54 Å². The lowest BCUT2D eigenvalue weighted by molar-refractivity contribution is 0.0721. The molecule has 0 aliphatic carbocycles. The van der Waals surface area contributed by atoms with E-state index in [0.717, 1.165) is 37.3 Å². The molecule has 0 saturated carbocycles.